The fourth-order valence-corrected chi connectivity index (χ4v) is 8.99. The molecule has 0 spiro atoms. The summed E-state index contributed by atoms with van der Waals surface area (Å²) in [5, 5.41) is 16.2. The molecule has 0 aliphatic carbocycles. The minimum atomic E-state index is -4.42. The largest absolute Gasteiger partial charge is 0.376 e. The molecule has 5 aromatic rings. The van der Waals surface area contributed by atoms with Gasteiger partial charge in [-0.2, -0.15) is 0 Å². The first-order chi connectivity index (χ1) is 26.9. The Morgan fingerprint density at radius 3 is 2.29 bits per heavy atom. The molecule has 1 fully saturated rings. The molecule has 6 rings (SSSR count). The number of carbonyl (C=O) groups is 1. The number of anilines is 2. The number of piperidine rings is 1. The molecule has 1 amide bonds. The van der Waals surface area contributed by atoms with Gasteiger partial charge in [-0.05, 0) is 130 Å². The molecular weight excluding hydrogens is 766 g/mol. The number of halogens is 1. The van der Waals surface area contributed by atoms with E-state index in [9.17, 15) is 23.3 Å². The molecule has 1 saturated heterocycles. The maximum Gasteiger partial charge on any atom is 0.293 e. The van der Waals surface area contributed by atoms with E-state index in [2.05, 4.69) is 51.3 Å². The number of carbonyl (C=O) groups excluding carboxylic acids is 1. The first-order valence-corrected chi connectivity index (χ1v) is 21.4. The Labute approximate surface area is 338 Å². The molecule has 1 heterocycles. The van der Waals surface area contributed by atoms with Crippen molar-refractivity contribution in [1.29, 1.82) is 0 Å². The fourth-order valence-electron chi connectivity index (χ4n) is 6.88. The van der Waals surface area contributed by atoms with Crippen molar-refractivity contribution in [3.8, 4) is 11.1 Å². The molecule has 5 aromatic carbocycles. The average Bonchev–Trinajstić information content (AvgIpc) is 3.20. The number of nitro groups is 1. The molecule has 0 saturated carbocycles. The lowest BCUT2D eigenvalue weighted by molar-refractivity contribution is -0.384. The number of nitro benzene ring substituents is 1. The van der Waals surface area contributed by atoms with Gasteiger partial charge < -0.3 is 15.1 Å². The lowest BCUT2D eigenvalue weighted by Crippen LogP contribution is -2.34. The van der Waals surface area contributed by atoms with Crippen LogP contribution in [0.15, 0.2) is 131 Å². The monoisotopic (exact) mass is 811 g/mol. The SMILES string of the molecule is CN(C)CC[C@H](CSc1ccccc1)Nc1ccc(S(=O)(=O)NC(=O)c2ccc(N3CCC(Cc4ccccc4-c4ccc(Cl)cc4)CC3)cc2)cc1[N+](=O)[O-]. The quantitative estimate of drug-likeness (QED) is 0.0571. The summed E-state index contributed by atoms with van der Waals surface area (Å²) in [7, 11) is -0.500. The normalized spacial score (nSPS) is 14.0. The predicted molar refractivity (Wildman–Crippen MR) is 227 cm³/mol. The molecule has 1 aliphatic heterocycles. The van der Waals surface area contributed by atoms with Crippen molar-refractivity contribution in [3.63, 3.8) is 0 Å². The third kappa shape index (κ3) is 10.9. The number of sulfonamides is 1. The van der Waals surface area contributed by atoms with Gasteiger partial charge in [0.15, 0.2) is 0 Å². The molecule has 0 aromatic heterocycles. The van der Waals surface area contributed by atoms with Crippen molar-refractivity contribution in [2.75, 3.05) is 49.7 Å². The van der Waals surface area contributed by atoms with Crippen LogP contribution in [0.4, 0.5) is 17.1 Å². The highest BCUT2D eigenvalue weighted by molar-refractivity contribution is 7.99. The summed E-state index contributed by atoms with van der Waals surface area (Å²) >= 11 is 7.76. The number of rotatable bonds is 16. The van der Waals surface area contributed by atoms with Gasteiger partial charge >= 0.3 is 0 Å². The lowest BCUT2D eigenvalue weighted by Gasteiger charge is -2.34. The molecule has 2 N–H and O–H groups in total. The minimum Gasteiger partial charge on any atom is -0.376 e. The summed E-state index contributed by atoms with van der Waals surface area (Å²) in [5.74, 6) is 0.350. The van der Waals surface area contributed by atoms with E-state index in [-0.39, 0.29) is 22.2 Å². The lowest BCUT2D eigenvalue weighted by atomic mass is 9.87. The Hall–Kier alpha value is -4.88. The predicted octanol–water partition coefficient (Wildman–Crippen LogP) is 9.02. The van der Waals surface area contributed by atoms with E-state index in [1.807, 2.05) is 73.6 Å². The highest BCUT2D eigenvalue weighted by Gasteiger charge is 2.26. The van der Waals surface area contributed by atoms with Crippen LogP contribution >= 0.6 is 23.4 Å². The number of hydrogen-bond donors (Lipinski definition) is 2. The molecule has 13 heteroatoms. The van der Waals surface area contributed by atoms with Gasteiger partial charge in [0.25, 0.3) is 21.6 Å². The second kappa shape index (κ2) is 18.8. The van der Waals surface area contributed by atoms with E-state index in [0.29, 0.717) is 18.1 Å². The zero-order chi connectivity index (χ0) is 39.7. The van der Waals surface area contributed by atoms with Crippen LogP contribution in [0, 0.1) is 16.0 Å². The standard InChI is InChI=1S/C43H46ClN5O5S2/c1-47(2)25-24-36(30-55-38-9-4-3-5-10-38)45-41-21-20-39(29-42(41)49(51)52)56(53,54)46-43(50)33-14-18-37(19-15-33)48-26-22-31(23-27-48)28-34-8-6-7-11-40(34)32-12-16-35(44)17-13-32/h3-21,29,31,36,45H,22-28,30H2,1-2H3,(H,46,50)/t36-/m1/s1. The van der Waals surface area contributed by atoms with Crippen LogP contribution in [0.25, 0.3) is 11.1 Å². The Bertz CT molecular complexity index is 2210. The number of hydrogen-bond acceptors (Lipinski definition) is 9. The first kappa shape index (κ1) is 40.8. The molecule has 0 bridgehead atoms. The summed E-state index contributed by atoms with van der Waals surface area (Å²) in [5.41, 5.74) is 4.63. The van der Waals surface area contributed by atoms with Gasteiger partial charge in [-0.3, -0.25) is 14.9 Å². The number of benzene rings is 5. The van der Waals surface area contributed by atoms with Crippen molar-refractivity contribution in [1.82, 2.24) is 9.62 Å². The van der Waals surface area contributed by atoms with Gasteiger partial charge in [0.1, 0.15) is 5.69 Å². The number of nitrogens with zero attached hydrogens (tertiary/aromatic N) is 3. The van der Waals surface area contributed by atoms with E-state index in [4.69, 9.17) is 11.6 Å². The summed E-state index contributed by atoms with van der Waals surface area (Å²) in [6.45, 7) is 2.47. The summed E-state index contributed by atoms with van der Waals surface area (Å²) in [6.07, 6.45) is 3.71. The molecule has 292 valence electrons. The molecule has 56 heavy (non-hydrogen) atoms. The molecule has 1 aliphatic rings. The van der Waals surface area contributed by atoms with Crippen molar-refractivity contribution in [2.45, 2.75) is 41.5 Å². The highest BCUT2D eigenvalue weighted by Crippen LogP contribution is 2.32. The summed E-state index contributed by atoms with van der Waals surface area (Å²) in [4.78, 5) is 29.8. The Morgan fingerprint density at radius 1 is 0.929 bits per heavy atom. The van der Waals surface area contributed by atoms with Crippen LogP contribution in [-0.2, 0) is 16.4 Å². The van der Waals surface area contributed by atoms with Gasteiger partial charge in [0, 0.05) is 52.1 Å². The molecular formula is C43H46ClN5O5S2. The van der Waals surface area contributed by atoms with Crippen molar-refractivity contribution >= 4 is 56.4 Å². The van der Waals surface area contributed by atoms with Crippen LogP contribution in [0.5, 0.6) is 0 Å². The number of thioether (sulfide) groups is 1. The van der Waals surface area contributed by atoms with E-state index >= 15 is 0 Å². The van der Waals surface area contributed by atoms with Gasteiger partial charge in [0.05, 0.1) is 9.82 Å². The highest BCUT2D eigenvalue weighted by atomic mass is 35.5. The van der Waals surface area contributed by atoms with Crippen LogP contribution < -0.4 is 14.9 Å². The summed E-state index contributed by atoms with van der Waals surface area (Å²) in [6, 6.07) is 36.7. The molecule has 1 atom stereocenters. The van der Waals surface area contributed by atoms with Crippen molar-refractivity contribution < 1.29 is 18.1 Å². The van der Waals surface area contributed by atoms with E-state index < -0.39 is 26.5 Å². The topological polar surface area (TPSA) is 125 Å². The van der Waals surface area contributed by atoms with Crippen LogP contribution in [0.1, 0.15) is 35.2 Å². The smallest absolute Gasteiger partial charge is 0.293 e. The second-order valence-corrected chi connectivity index (χ2v) is 17.5. The van der Waals surface area contributed by atoms with Gasteiger partial charge in [-0.1, -0.05) is 66.2 Å². The van der Waals surface area contributed by atoms with Gasteiger partial charge in [-0.25, -0.2) is 13.1 Å². The van der Waals surface area contributed by atoms with E-state index in [1.54, 1.807) is 23.9 Å². The summed E-state index contributed by atoms with van der Waals surface area (Å²) < 4.78 is 28.8. The Morgan fingerprint density at radius 2 is 1.61 bits per heavy atom. The van der Waals surface area contributed by atoms with Gasteiger partial charge in [0.2, 0.25) is 0 Å². The van der Waals surface area contributed by atoms with Crippen molar-refractivity contribution in [3.05, 3.63) is 148 Å². The maximum atomic E-state index is 13.4. The third-order valence-electron chi connectivity index (χ3n) is 9.97. The van der Waals surface area contributed by atoms with Gasteiger partial charge in [-0.15, -0.1) is 11.8 Å². The number of nitrogens with one attached hydrogen (secondary N) is 2. The van der Waals surface area contributed by atoms with Crippen LogP contribution in [0.3, 0.4) is 0 Å². The average molecular weight is 812 g/mol. The zero-order valence-electron chi connectivity index (χ0n) is 31.4. The minimum absolute atomic E-state index is 0.138. The number of amides is 1. The fraction of sp³-hybridized carbons (Fsp3) is 0.279. The van der Waals surface area contributed by atoms with Crippen LogP contribution in [0.2, 0.25) is 5.02 Å². The third-order valence-corrected chi connectivity index (χ3v) is 12.7. The molecule has 10 nitrogen and oxygen atoms in total. The zero-order valence-corrected chi connectivity index (χ0v) is 33.8. The van der Waals surface area contributed by atoms with E-state index in [1.165, 1.54) is 23.3 Å². The first-order valence-electron chi connectivity index (χ1n) is 18.6. The molecule has 0 radical (unpaired) electrons. The van der Waals surface area contributed by atoms with Crippen LogP contribution in [-0.4, -0.2) is 69.7 Å². The maximum absolute atomic E-state index is 13.4. The molecule has 0 unspecified atom stereocenters. The van der Waals surface area contributed by atoms with E-state index in [0.717, 1.165) is 66.1 Å². The second-order valence-electron chi connectivity index (χ2n) is 14.3. The Balaban J connectivity index is 1.06. The van der Waals surface area contributed by atoms with Crippen molar-refractivity contribution in [2.24, 2.45) is 5.92 Å². The Kier molecular flexibility index (Phi) is 13.7.